The first-order valence-electron chi connectivity index (χ1n) is 8.75. The van der Waals surface area contributed by atoms with Gasteiger partial charge in [0, 0.05) is 15.1 Å². The molecule has 144 valence electrons. The van der Waals surface area contributed by atoms with E-state index in [1.807, 2.05) is 18.2 Å². The fraction of sp³-hybridized carbons (Fsp3) is 0.0435. The minimum absolute atomic E-state index is 0.172. The predicted octanol–water partition coefficient (Wildman–Crippen LogP) is 6.25. The quantitative estimate of drug-likeness (QED) is 0.259. The van der Waals surface area contributed by atoms with Gasteiger partial charge in [-0.3, -0.25) is 4.79 Å². The summed E-state index contributed by atoms with van der Waals surface area (Å²) in [6, 6.07) is 17.4. The summed E-state index contributed by atoms with van der Waals surface area (Å²) in [5.41, 5.74) is 2.08. The van der Waals surface area contributed by atoms with Crippen LogP contribution in [0.15, 0.2) is 70.9 Å². The summed E-state index contributed by atoms with van der Waals surface area (Å²) in [4.78, 5) is 25.2. The molecule has 0 bridgehead atoms. The third kappa shape index (κ3) is 3.71. The van der Waals surface area contributed by atoms with Crippen LogP contribution in [0.4, 0.5) is 0 Å². The van der Waals surface area contributed by atoms with E-state index in [0.717, 1.165) is 0 Å². The molecule has 1 aliphatic rings. The number of Topliss-reactive ketones (excluding diaryl/α,β-unsaturated/α-hetero) is 1. The molecule has 0 saturated carbocycles. The van der Waals surface area contributed by atoms with E-state index in [9.17, 15) is 9.59 Å². The van der Waals surface area contributed by atoms with Gasteiger partial charge >= 0.3 is 5.97 Å². The minimum atomic E-state index is -0.503. The Morgan fingerprint density at radius 2 is 1.79 bits per heavy atom. The van der Waals surface area contributed by atoms with Gasteiger partial charge in [-0.25, -0.2) is 4.79 Å². The molecule has 0 amide bonds. The van der Waals surface area contributed by atoms with E-state index < -0.39 is 5.97 Å². The standard InChI is InChI=1S/C23H14BrClO4/c1-13-19(29-23(27)15-7-3-4-8-17(15)24)11-10-16-21(26)20(28-22(13)16)12-14-6-2-5-9-18(14)25/h2-12H,1H3/b20-12-. The van der Waals surface area contributed by atoms with Crippen LogP contribution in [0.1, 0.15) is 31.8 Å². The summed E-state index contributed by atoms with van der Waals surface area (Å²) in [5, 5.41) is 0.520. The topological polar surface area (TPSA) is 52.6 Å². The van der Waals surface area contributed by atoms with Gasteiger partial charge in [-0.2, -0.15) is 0 Å². The minimum Gasteiger partial charge on any atom is -0.452 e. The number of halogens is 2. The van der Waals surface area contributed by atoms with Crippen LogP contribution in [-0.2, 0) is 0 Å². The highest BCUT2D eigenvalue weighted by molar-refractivity contribution is 9.10. The van der Waals surface area contributed by atoms with E-state index >= 15 is 0 Å². The molecule has 1 heterocycles. The first-order valence-corrected chi connectivity index (χ1v) is 9.92. The molecule has 0 spiro atoms. The lowest BCUT2D eigenvalue weighted by Gasteiger charge is -2.10. The second-order valence-electron chi connectivity index (χ2n) is 6.40. The monoisotopic (exact) mass is 468 g/mol. The van der Waals surface area contributed by atoms with Gasteiger partial charge < -0.3 is 9.47 Å². The second-order valence-corrected chi connectivity index (χ2v) is 7.66. The van der Waals surface area contributed by atoms with E-state index in [1.165, 1.54) is 0 Å². The predicted molar refractivity (Wildman–Crippen MR) is 115 cm³/mol. The Labute approximate surface area is 180 Å². The third-order valence-electron chi connectivity index (χ3n) is 4.52. The van der Waals surface area contributed by atoms with Gasteiger partial charge in [0.05, 0.1) is 11.1 Å². The molecule has 3 aromatic rings. The molecular weight excluding hydrogens is 456 g/mol. The van der Waals surface area contributed by atoms with Gasteiger partial charge in [0.25, 0.3) is 0 Å². The van der Waals surface area contributed by atoms with Crippen molar-refractivity contribution in [1.29, 1.82) is 0 Å². The zero-order valence-electron chi connectivity index (χ0n) is 15.2. The first kappa shape index (κ1) is 19.4. The molecule has 0 aromatic heterocycles. The molecule has 6 heteroatoms. The van der Waals surface area contributed by atoms with Crippen molar-refractivity contribution in [3.05, 3.63) is 98.2 Å². The first-order chi connectivity index (χ1) is 14.0. The van der Waals surface area contributed by atoms with Crippen LogP contribution in [0.2, 0.25) is 5.02 Å². The van der Waals surface area contributed by atoms with Crippen molar-refractivity contribution in [2.45, 2.75) is 6.92 Å². The molecule has 0 aliphatic carbocycles. The van der Waals surface area contributed by atoms with Gasteiger partial charge in [-0.15, -0.1) is 0 Å². The van der Waals surface area contributed by atoms with Gasteiger partial charge in [0.1, 0.15) is 11.5 Å². The van der Waals surface area contributed by atoms with Crippen LogP contribution in [-0.4, -0.2) is 11.8 Å². The maximum atomic E-state index is 12.7. The maximum Gasteiger partial charge on any atom is 0.344 e. The Morgan fingerprint density at radius 3 is 2.55 bits per heavy atom. The Morgan fingerprint density at radius 1 is 1.07 bits per heavy atom. The second kappa shape index (κ2) is 7.85. The maximum absolute atomic E-state index is 12.7. The summed E-state index contributed by atoms with van der Waals surface area (Å²) >= 11 is 9.52. The third-order valence-corrected chi connectivity index (χ3v) is 5.56. The molecule has 0 N–H and O–H groups in total. The summed E-state index contributed by atoms with van der Waals surface area (Å²) in [7, 11) is 0. The summed E-state index contributed by atoms with van der Waals surface area (Å²) in [5.74, 6) is 0.135. The molecular formula is C23H14BrClO4. The number of allylic oxidation sites excluding steroid dienone is 1. The fourth-order valence-corrected chi connectivity index (χ4v) is 3.63. The molecule has 4 rings (SSSR count). The van der Waals surface area contributed by atoms with Crippen LogP contribution >= 0.6 is 27.5 Å². The zero-order valence-corrected chi connectivity index (χ0v) is 17.6. The average Bonchev–Trinajstić information content (AvgIpc) is 3.02. The number of rotatable bonds is 3. The van der Waals surface area contributed by atoms with Gasteiger partial charge in [-0.05, 0) is 64.8 Å². The van der Waals surface area contributed by atoms with E-state index in [-0.39, 0.29) is 11.5 Å². The molecule has 29 heavy (non-hydrogen) atoms. The number of benzene rings is 3. The van der Waals surface area contributed by atoms with Crippen LogP contribution in [0.5, 0.6) is 11.5 Å². The van der Waals surface area contributed by atoms with E-state index in [4.69, 9.17) is 21.1 Å². The highest BCUT2D eigenvalue weighted by Crippen LogP contribution is 2.40. The lowest BCUT2D eigenvalue weighted by Crippen LogP contribution is -2.10. The Kier molecular flexibility index (Phi) is 5.26. The van der Waals surface area contributed by atoms with Crippen molar-refractivity contribution in [3.63, 3.8) is 0 Å². The number of ether oxygens (including phenoxy) is 2. The van der Waals surface area contributed by atoms with E-state index in [1.54, 1.807) is 55.5 Å². The highest BCUT2D eigenvalue weighted by atomic mass is 79.9. The molecule has 0 saturated heterocycles. The van der Waals surface area contributed by atoms with Crippen LogP contribution < -0.4 is 9.47 Å². The normalized spacial score (nSPS) is 13.9. The molecule has 0 radical (unpaired) electrons. The van der Waals surface area contributed by atoms with Crippen molar-refractivity contribution < 1.29 is 19.1 Å². The number of ketones is 1. The number of hydrogen-bond acceptors (Lipinski definition) is 4. The lowest BCUT2D eigenvalue weighted by atomic mass is 10.1. The van der Waals surface area contributed by atoms with E-state index in [2.05, 4.69) is 15.9 Å². The largest absolute Gasteiger partial charge is 0.452 e. The SMILES string of the molecule is Cc1c(OC(=O)c2ccccc2Br)ccc2c1O/C(=C\c1ccccc1Cl)C2=O. The van der Waals surface area contributed by atoms with Crippen molar-refractivity contribution in [2.24, 2.45) is 0 Å². The smallest absolute Gasteiger partial charge is 0.344 e. The van der Waals surface area contributed by atoms with Crippen LogP contribution in [0, 0.1) is 6.92 Å². The molecule has 0 unspecified atom stereocenters. The summed E-state index contributed by atoms with van der Waals surface area (Å²) < 4.78 is 12.0. The summed E-state index contributed by atoms with van der Waals surface area (Å²) in [6.07, 6.45) is 1.61. The molecule has 1 aliphatic heterocycles. The highest BCUT2D eigenvalue weighted by Gasteiger charge is 2.30. The lowest BCUT2D eigenvalue weighted by molar-refractivity contribution is 0.0732. The van der Waals surface area contributed by atoms with Crippen LogP contribution in [0.25, 0.3) is 6.08 Å². The number of hydrogen-bond donors (Lipinski definition) is 0. The Balaban J connectivity index is 1.64. The molecule has 0 fully saturated rings. The fourth-order valence-electron chi connectivity index (χ4n) is 2.99. The van der Waals surface area contributed by atoms with Crippen molar-refractivity contribution in [2.75, 3.05) is 0 Å². The van der Waals surface area contributed by atoms with Crippen molar-refractivity contribution >= 4 is 45.4 Å². The zero-order chi connectivity index (χ0) is 20.5. The Bertz CT molecular complexity index is 1180. The number of fused-ring (bicyclic) bond motifs is 1. The van der Waals surface area contributed by atoms with Gasteiger partial charge in [-0.1, -0.05) is 41.9 Å². The van der Waals surface area contributed by atoms with Crippen LogP contribution in [0.3, 0.4) is 0 Å². The number of esters is 1. The van der Waals surface area contributed by atoms with Crippen molar-refractivity contribution in [1.82, 2.24) is 0 Å². The number of carbonyl (C=O) groups excluding carboxylic acids is 2. The summed E-state index contributed by atoms with van der Waals surface area (Å²) in [6.45, 7) is 1.74. The number of carbonyl (C=O) groups is 2. The van der Waals surface area contributed by atoms with Crippen molar-refractivity contribution in [3.8, 4) is 11.5 Å². The average molecular weight is 470 g/mol. The molecule has 3 aromatic carbocycles. The molecule has 4 nitrogen and oxygen atoms in total. The Hall–Kier alpha value is -2.89. The van der Waals surface area contributed by atoms with E-state index in [0.29, 0.717) is 43.2 Å². The van der Waals surface area contributed by atoms with Gasteiger partial charge in [0.15, 0.2) is 5.76 Å². The van der Waals surface area contributed by atoms with Gasteiger partial charge in [0.2, 0.25) is 5.78 Å². The molecule has 0 atom stereocenters.